The minimum absolute atomic E-state index is 0.0639. The van der Waals surface area contributed by atoms with Crippen molar-refractivity contribution in [2.24, 2.45) is 0 Å². The molecule has 0 spiro atoms. The van der Waals surface area contributed by atoms with Gasteiger partial charge in [-0.2, -0.15) is 0 Å². The number of hydrogen-bond acceptors (Lipinski definition) is 5. The van der Waals surface area contributed by atoms with Crippen molar-refractivity contribution in [1.29, 1.82) is 0 Å². The van der Waals surface area contributed by atoms with Crippen molar-refractivity contribution >= 4 is 11.9 Å². The van der Waals surface area contributed by atoms with Gasteiger partial charge in [0.05, 0.1) is 6.61 Å². The SMILES string of the molecule is CCCC/C=C\CCCCCCCC(=O)OC[C@@H](COCCCCCCCCCCCCCCCCCC)OC(=O)CCC/C=C\C/C=C\C/C=C\CCCCCCCC. The Morgan fingerprint density at radius 3 is 1.23 bits per heavy atom. The molecule has 60 heavy (non-hydrogen) atoms. The fourth-order valence-corrected chi connectivity index (χ4v) is 7.39. The molecule has 0 aromatic heterocycles. The zero-order chi connectivity index (χ0) is 43.5. The van der Waals surface area contributed by atoms with Crippen LogP contribution >= 0.6 is 0 Å². The summed E-state index contributed by atoms with van der Waals surface area (Å²) in [6, 6.07) is 0. The molecule has 5 heteroatoms. The lowest BCUT2D eigenvalue weighted by atomic mass is 10.0. The van der Waals surface area contributed by atoms with Crippen LogP contribution in [-0.4, -0.2) is 37.9 Å². The van der Waals surface area contributed by atoms with Crippen LogP contribution in [0.2, 0.25) is 0 Å². The van der Waals surface area contributed by atoms with Crippen LogP contribution in [0.1, 0.15) is 265 Å². The highest BCUT2D eigenvalue weighted by atomic mass is 16.6. The largest absolute Gasteiger partial charge is 0.462 e. The van der Waals surface area contributed by atoms with E-state index in [1.807, 2.05) is 0 Å². The monoisotopic (exact) mass is 841 g/mol. The van der Waals surface area contributed by atoms with Crippen molar-refractivity contribution in [3.05, 3.63) is 48.6 Å². The second kappa shape index (κ2) is 51.2. The number of carbonyl (C=O) groups is 2. The van der Waals surface area contributed by atoms with Crippen LogP contribution in [-0.2, 0) is 23.8 Å². The van der Waals surface area contributed by atoms with Gasteiger partial charge in [0.1, 0.15) is 6.61 Å². The van der Waals surface area contributed by atoms with Crippen LogP contribution in [0.5, 0.6) is 0 Å². The Labute approximate surface area is 373 Å². The number of esters is 2. The lowest BCUT2D eigenvalue weighted by molar-refractivity contribution is -0.162. The van der Waals surface area contributed by atoms with Crippen molar-refractivity contribution < 1.29 is 23.8 Å². The fourth-order valence-electron chi connectivity index (χ4n) is 7.39. The molecular formula is C55H100O5. The van der Waals surface area contributed by atoms with E-state index in [9.17, 15) is 9.59 Å². The quantitative estimate of drug-likeness (QED) is 0.0347. The molecule has 0 amide bonds. The number of allylic oxidation sites excluding steroid dienone is 8. The topological polar surface area (TPSA) is 61.8 Å². The molecule has 5 nitrogen and oxygen atoms in total. The van der Waals surface area contributed by atoms with E-state index in [-0.39, 0.29) is 25.2 Å². The van der Waals surface area contributed by atoms with Gasteiger partial charge in [0, 0.05) is 19.4 Å². The minimum atomic E-state index is -0.562. The number of ether oxygens (including phenoxy) is 3. The van der Waals surface area contributed by atoms with Gasteiger partial charge < -0.3 is 14.2 Å². The summed E-state index contributed by atoms with van der Waals surface area (Å²) in [6.07, 6.45) is 62.7. The van der Waals surface area contributed by atoms with E-state index in [1.165, 1.54) is 167 Å². The van der Waals surface area contributed by atoms with E-state index in [1.54, 1.807) is 0 Å². The van der Waals surface area contributed by atoms with Gasteiger partial charge in [-0.05, 0) is 70.6 Å². The number of rotatable bonds is 48. The van der Waals surface area contributed by atoms with Gasteiger partial charge in [0.15, 0.2) is 6.10 Å². The first kappa shape index (κ1) is 57.9. The van der Waals surface area contributed by atoms with Gasteiger partial charge in [-0.15, -0.1) is 0 Å². The molecule has 0 radical (unpaired) electrons. The smallest absolute Gasteiger partial charge is 0.306 e. The molecular weight excluding hydrogens is 741 g/mol. The average molecular weight is 841 g/mol. The molecule has 0 saturated carbocycles. The molecule has 0 aliphatic rings. The van der Waals surface area contributed by atoms with Gasteiger partial charge in [0.25, 0.3) is 0 Å². The maximum absolute atomic E-state index is 12.8. The van der Waals surface area contributed by atoms with E-state index in [0.29, 0.717) is 19.4 Å². The Kier molecular flexibility index (Phi) is 49.4. The van der Waals surface area contributed by atoms with E-state index < -0.39 is 6.10 Å². The minimum Gasteiger partial charge on any atom is -0.462 e. The maximum atomic E-state index is 12.8. The molecule has 0 aliphatic carbocycles. The second-order valence-electron chi connectivity index (χ2n) is 17.4. The molecule has 0 fully saturated rings. The zero-order valence-corrected chi connectivity index (χ0v) is 40.2. The highest BCUT2D eigenvalue weighted by molar-refractivity contribution is 5.70. The van der Waals surface area contributed by atoms with Crippen molar-refractivity contribution in [3.8, 4) is 0 Å². The third kappa shape index (κ3) is 48.5. The standard InChI is InChI=1S/C55H100O5/c1-4-7-10-13-16-19-22-24-26-28-29-31-34-37-40-43-46-49-55(57)60-53(52-59-54(56)48-45-42-39-36-33-21-18-15-12-9-6-3)51-58-50-47-44-41-38-35-32-30-27-25-23-20-17-14-11-8-5-2/h15,18,24,26,29,31,37,40,53H,4-14,16-17,19-23,25,27-28,30,32-36,38-39,41-52H2,1-3H3/b18-15-,26-24-,31-29-,40-37-/t53-/m1/s1. The molecule has 0 rings (SSSR count). The Hall–Kier alpha value is -2.14. The predicted octanol–water partition coefficient (Wildman–Crippen LogP) is 17.6. The predicted molar refractivity (Wildman–Crippen MR) is 261 cm³/mol. The summed E-state index contributed by atoms with van der Waals surface area (Å²) >= 11 is 0. The van der Waals surface area contributed by atoms with Gasteiger partial charge in [0.2, 0.25) is 0 Å². The Bertz CT molecular complexity index is 997. The van der Waals surface area contributed by atoms with Crippen molar-refractivity contribution in [2.75, 3.05) is 19.8 Å². The molecule has 350 valence electrons. The normalized spacial score (nSPS) is 12.5. The van der Waals surface area contributed by atoms with Crippen molar-refractivity contribution in [2.45, 2.75) is 271 Å². The van der Waals surface area contributed by atoms with Crippen LogP contribution in [0.15, 0.2) is 48.6 Å². The van der Waals surface area contributed by atoms with Crippen LogP contribution in [0.4, 0.5) is 0 Å². The highest BCUT2D eigenvalue weighted by Crippen LogP contribution is 2.15. The summed E-state index contributed by atoms with van der Waals surface area (Å²) in [7, 11) is 0. The fraction of sp³-hybridized carbons (Fsp3) is 0.818. The van der Waals surface area contributed by atoms with E-state index in [4.69, 9.17) is 14.2 Å². The van der Waals surface area contributed by atoms with Gasteiger partial charge in [-0.1, -0.05) is 230 Å². The van der Waals surface area contributed by atoms with Crippen LogP contribution in [0.25, 0.3) is 0 Å². The zero-order valence-electron chi connectivity index (χ0n) is 40.2. The molecule has 0 saturated heterocycles. The molecule has 0 aliphatic heterocycles. The highest BCUT2D eigenvalue weighted by Gasteiger charge is 2.17. The molecule has 0 unspecified atom stereocenters. The molecule has 0 bridgehead atoms. The summed E-state index contributed by atoms with van der Waals surface area (Å²) in [6.45, 7) is 7.76. The van der Waals surface area contributed by atoms with Gasteiger partial charge in [-0.25, -0.2) is 0 Å². The van der Waals surface area contributed by atoms with Gasteiger partial charge >= 0.3 is 11.9 Å². The molecule has 0 heterocycles. The first-order valence-electron chi connectivity index (χ1n) is 26.2. The summed E-state index contributed by atoms with van der Waals surface area (Å²) in [5.74, 6) is -0.459. The third-order valence-electron chi connectivity index (χ3n) is 11.3. The summed E-state index contributed by atoms with van der Waals surface area (Å²) in [5, 5.41) is 0. The second-order valence-corrected chi connectivity index (χ2v) is 17.4. The van der Waals surface area contributed by atoms with E-state index in [0.717, 1.165) is 64.2 Å². The first-order valence-corrected chi connectivity index (χ1v) is 26.2. The molecule has 0 aromatic carbocycles. The Balaban J connectivity index is 4.31. The number of unbranched alkanes of at least 4 members (excludes halogenated alkanes) is 29. The lowest BCUT2D eigenvalue weighted by Crippen LogP contribution is -2.30. The van der Waals surface area contributed by atoms with Gasteiger partial charge in [-0.3, -0.25) is 9.59 Å². The molecule has 0 N–H and O–H groups in total. The summed E-state index contributed by atoms with van der Waals surface area (Å²) in [4.78, 5) is 25.3. The summed E-state index contributed by atoms with van der Waals surface area (Å²) < 4.78 is 17.3. The maximum Gasteiger partial charge on any atom is 0.306 e. The average Bonchev–Trinajstić information content (AvgIpc) is 3.25. The Morgan fingerprint density at radius 2 is 0.733 bits per heavy atom. The van der Waals surface area contributed by atoms with Crippen molar-refractivity contribution in [1.82, 2.24) is 0 Å². The van der Waals surface area contributed by atoms with E-state index in [2.05, 4.69) is 69.4 Å². The number of hydrogen-bond donors (Lipinski definition) is 0. The first-order chi connectivity index (χ1) is 29.6. The van der Waals surface area contributed by atoms with Crippen molar-refractivity contribution in [3.63, 3.8) is 0 Å². The molecule has 1 atom stereocenters. The Morgan fingerprint density at radius 1 is 0.367 bits per heavy atom. The summed E-state index contributed by atoms with van der Waals surface area (Å²) in [5.41, 5.74) is 0. The van der Waals surface area contributed by atoms with Crippen LogP contribution in [0.3, 0.4) is 0 Å². The third-order valence-corrected chi connectivity index (χ3v) is 11.3. The lowest BCUT2D eigenvalue weighted by Gasteiger charge is -2.18. The van der Waals surface area contributed by atoms with Crippen LogP contribution < -0.4 is 0 Å². The van der Waals surface area contributed by atoms with Crippen LogP contribution in [0, 0.1) is 0 Å². The number of carbonyl (C=O) groups excluding carboxylic acids is 2. The van der Waals surface area contributed by atoms with E-state index >= 15 is 0 Å². The molecule has 0 aromatic rings.